The zero-order chi connectivity index (χ0) is 20.4. The third kappa shape index (κ3) is 3.91. The molecule has 0 atom stereocenters. The van der Waals surface area contributed by atoms with E-state index < -0.39 is 0 Å². The van der Waals surface area contributed by atoms with Gasteiger partial charge in [0.15, 0.2) is 0 Å². The van der Waals surface area contributed by atoms with Gasteiger partial charge in [0.2, 0.25) is 11.7 Å². The molecule has 4 heterocycles. The predicted octanol–water partition coefficient (Wildman–Crippen LogP) is 2.41. The number of amides is 1. The van der Waals surface area contributed by atoms with Crippen molar-refractivity contribution in [2.24, 2.45) is 5.92 Å². The maximum Gasteiger partial charge on any atom is 0.272 e. The summed E-state index contributed by atoms with van der Waals surface area (Å²) in [4.78, 5) is 29.1. The Morgan fingerprint density at radius 2 is 2.00 bits per heavy atom. The summed E-state index contributed by atoms with van der Waals surface area (Å²) in [7, 11) is 0. The molecule has 0 saturated heterocycles. The first-order valence-electron chi connectivity index (χ1n) is 9.54. The van der Waals surface area contributed by atoms with E-state index in [2.05, 4.69) is 34.3 Å². The number of rotatable bonds is 7. The molecule has 29 heavy (non-hydrogen) atoms. The van der Waals surface area contributed by atoms with E-state index in [-0.39, 0.29) is 11.5 Å². The fraction of sp³-hybridized carbons (Fsp3) is 0.350. The molecule has 0 aliphatic rings. The second-order valence-electron chi connectivity index (χ2n) is 7.33. The minimum Gasteiger partial charge on any atom is -0.352 e. The molecule has 0 fully saturated rings. The lowest BCUT2D eigenvalue weighted by Gasteiger charge is -2.11. The molecule has 0 spiro atoms. The molecule has 1 N–H and O–H groups in total. The van der Waals surface area contributed by atoms with Gasteiger partial charge < -0.3 is 5.32 Å². The van der Waals surface area contributed by atoms with Crippen LogP contribution in [-0.2, 0) is 24.3 Å². The lowest BCUT2D eigenvalue weighted by Crippen LogP contribution is -2.25. The highest BCUT2D eigenvalue weighted by molar-refractivity contribution is 7.17. The Kier molecular flexibility index (Phi) is 5.39. The molecule has 8 nitrogen and oxygen atoms in total. The van der Waals surface area contributed by atoms with Crippen LogP contribution in [0.4, 0.5) is 0 Å². The smallest absolute Gasteiger partial charge is 0.272 e. The molecular weight excluding hydrogens is 388 g/mol. The van der Waals surface area contributed by atoms with Crippen LogP contribution in [0.1, 0.15) is 31.7 Å². The van der Waals surface area contributed by atoms with Gasteiger partial charge in [-0.1, -0.05) is 13.8 Å². The zero-order valence-corrected chi connectivity index (χ0v) is 17.1. The molecule has 0 aromatic carbocycles. The van der Waals surface area contributed by atoms with E-state index >= 15 is 0 Å². The Morgan fingerprint density at radius 3 is 2.76 bits per heavy atom. The predicted molar refractivity (Wildman–Crippen MR) is 112 cm³/mol. The summed E-state index contributed by atoms with van der Waals surface area (Å²) in [6, 6.07) is 5.64. The third-order valence-corrected chi connectivity index (χ3v) is 5.53. The second kappa shape index (κ2) is 8.12. The van der Waals surface area contributed by atoms with Gasteiger partial charge in [0.05, 0.1) is 5.52 Å². The third-order valence-electron chi connectivity index (χ3n) is 4.64. The second-order valence-corrected chi connectivity index (χ2v) is 8.24. The number of nitrogens with zero attached hydrogens (tertiary/aromatic N) is 5. The normalized spacial score (nSPS) is 11.6. The Labute approximate surface area is 171 Å². The minimum absolute atomic E-state index is 0.0368. The van der Waals surface area contributed by atoms with Crippen molar-refractivity contribution >= 4 is 33.2 Å². The SMILES string of the molecule is CC(C)Cn1c(=O)c2sccc2n2c(CCC(=O)NCc3ccncc3)nnc12. The largest absolute Gasteiger partial charge is 0.352 e. The summed E-state index contributed by atoms with van der Waals surface area (Å²) < 4.78 is 4.27. The number of carbonyl (C=O) groups excluding carboxylic acids is 1. The maximum absolute atomic E-state index is 12.9. The topological polar surface area (TPSA) is 94.2 Å². The average molecular weight is 411 g/mol. The Balaban J connectivity index is 1.57. The Hall–Kier alpha value is -3.07. The molecule has 0 saturated carbocycles. The van der Waals surface area contributed by atoms with Crippen molar-refractivity contribution in [3.63, 3.8) is 0 Å². The highest BCUT2D eigenvalue weighted by Crippen LogP contribution is 2.20. The highest BCUT2D eigenvalue weighted by Gasteiger charge is 2.18. The molecule has 0 unspecified atom stereocenters. The van der Waals surface area contributed by atoms with E-state index in [9.17, 15) is 9.59 Å². The fourth-order valence-corrected chi connectivity index (χ4v) is 4.11. The number of hydrogen-bond acceptors (Lipinski definition) is 6. The number of hydrogen-bond donors (Lipinski definition) is 1. The number of fused-ring (bicyclic) bond motifs is 3. The van der Waals surface area contributed by atoms with E-state index in [4.69, 9.17) is 0 Å². The zero-order valence-electron chi connectivity index (χ0n) is 16.3. The number of nitrogens with one attached hydrogen (secondary N) is 1. The number of aromatic nitrogens is 5. The lowest BCUT2D eigenvalue weighted by molar-refractivity contribution is -0.121. The average Bonchev–Trinajstić information content (AvgIpc) is 3.35. The summed E-state index contributed by atoms with van der Waals surface area (Å²) in [5.41, 5.74) is 1.76. The van der Waals surface area contributed by atoms with Crippen molar-refractivity contribution < 1.29 is 4.79 Å². The molecular formula is C20H22N6O2S. The standard InChI is InChI=1S/C20H22N6O2S/c1-13(2)12-25-19(28)18-15(7-10-29-18)26-16(23-24-20(25)26)3-4-17(27)22-11-14-5-8-21-9-6-14/h5-10,13H,3-4,11-12H2,1-2H3,(H,22,27). The summed E-state index contributed by atoms with van der Waals surface area (Å²) in [6.45, 7) is 5.16. The van der Waals surface area contributed by atoms with E-state index in [1.165, 1.54) is 11.3 Å². The van der Waals surface area contributed by atoms with Crippen LogP contribution in [0.15, 0.2) is 40.8 Å². The number of pyridine rings is 1. The lowest BCUT2D eigenvalue weighted by atomic mass is 10.2. The van der Waals surface area contributed by atoms with Gasteiger partial charge in [-0.3, -0.25) is 23.5 Å². The van der Waals surface area contributed by atoms with Gasteiger partial charge in [0, 0.05) is 38.3 Å². The van der Waals surface area contributed by atoms with Crippen LogP contribution in [0.5, 0.6) is 0 Å². The maximum atomic E-state index is 12.9. The van der Waals surface area contributed by atoms with E-state index in [1.54, 1.807) is 17.0 Å². The summed E-state index contributed by atoms with van der Waals surface area (Å²) in [5.74, 6) is 1.45. The fourth-order valence-electron chi connectivity index (χ4n) is 3.29. The first-order valence-corrected chi connectivity index (χ1v) is 10.4. The van der Waals surface area contributed by atoms with E-state index in [1.807, 2.05) is 28.0 Å². The molecule has 4 aromatic heterocycles. The van der Waals surface area contributed by atoms with Crippen LogP contribution in [0.25, 0.3) is 16.0 Å². The van der Waals surface area contributed by atoms with Crippen molar-refractivity contribution in [1.82, 2.24) is 29.5 Å². The first-order chi connectivity index (χ1) is 14.0. The van der Waals surface area contributed by atoms with Crippen LogP contribution < -0.4 is 10.9 Å². The van der Waals surface area contributed by atoms with E-state index in [0.29, 0.717) is 48.2 Å². The van der Waals surface area contributed by atoms with Crippen molar-refractivity contribution in [2.45, 2.75) is 39.8 Å². The van der Waals surface area contributed by atoms with Gasteiger partial charge >= 0.3 is 0 Å². The van der Waals surface area contributed by atoms with Crippen molar-refractivity contribution in [3.05, 3.63) is 57.7 Å². The number of carbonyl (C=O) groups is 1. The monoisotopic (exact) mass is 410 g/mol. The summed E-state index contributed by atoms with van der Waals surface area (Å²) >= 11 is 1.42. The van der Waals surface area contributed by atoms with Crippen LogP contribution >= 0.6 is 11.3 Å². The number of aryl methyl sites for hydroxylation is 1. The molecule has 150 valence electrons. The van der Waals surface area contributed by atoms with Gasteiger partial charge in [0.25, 0.3) is 5.56 Å². The summed E-state index contributed by atoms with van der Waals surface area (Å²) in [6.07, 6.45) is 4.13. The van der Waals surface area contributed by atoms with Gasteiger partial charge in [-0.2, -0.15) is 0 Å². The molecule has 1 amide bonds. The molecule has 9 heteroatoms. The van der Waals surface area contributed by atoms with Crippen LogP contribution in [-0.4, -0.2) is 30.1 Å². The van der Waals surface area contributed by atoms with Crippen molar-refractivity contribution in [2.75, 3.05) is 0 Å². The van der Waals surface area contributed by atoms with Crippen LogP contribution in [0.2, 0.25) is 0 Å². The highest BCUT2D eigenvalue weighted by atomic mass is 32.1. The van der Waals surface area contributed by atoms with E-state index in [0.717, 1.165) is 11.1 Å². The molecule has 4 rings (SSSR count). The molecule has 0 aliphatic heterocycles. The molecule has 4 aromatic rings. The number of thiophene rings is 1. The molecule has 0 radical (unpaired) electrons. The van der Waals surface area contributed by atoms with Crippen LogP contribution in [0.3, 0.4) is 0 Å². The van der Waals surface area contributed by atoms with Crippen molar-refractivity contribution in [3.8, 4) is 0 Å². The van der Waals surface area contributed by atoms with Gasteiger partial charge in [-0.25, -0.2) is 0 Å². The quantitative estimate of drug-likeness (QED) is 0.505. The Bertz CT molecular complexity index is 1210. The molecule has 0 aliphatic carbocycles. The van der Waals surface area contributed by atoms with Gasteiger partial charge in [0.1, 0.15) is 10.5 Å². The summed E-state index contributed by atoms with van der Waals surface area (Å²) in [5, 5.41) is 13.4. The Morgan fingerprint density at radius 1 is 1.21 bits per heavy atom. The minimum atomic E-state index is -0.0596. The van der Waals surface area contributed by atoms with Crippen molar-refractivity contribution in [1.29, 1.82) is 0 Å². The van der Waals surface area contributed by atoms with Gasteiger partial charge in [-0.05, 0) is 35.1 Å². The van der Waals surface area contributed by atoms with Gasteiger partial charge in [-0.15, -0.1) is 21.5 Å². The van der Waals surface area contributed by atoms with Crippen LogP contribution in [0, 0.1) is 5.92 Å². The first kappa shape index (κ1) is 19.3. The molecule has 0 bridgehead atoms.